The van der Waals surface area contributed by atoms with Crippen LogP contribution in [0.4, 0.5) is 6.01 Å². The van der Waals surface area contributed by atoms with Gasteiger partial charge in [0.25, 0.3) is 0 Å². The molecule has 2 aromatic rings. The second-order valence-corrected chi connectivity index (χ2v) is 5.43. The Morgan fingerprint density at radius 1 is 1.52 bits per heavy atom. The van der Waals surface area contributed by atoms with E-state index in [0.717, 1.165) is 12.0 Å². The molecular weight excluding hydrogens is 294 g/mol. The van der Waals surface area contributed by atoms with Crippen LogP contribution in [0, 0.1) is 0 Å². The minimum Gasteiger partial charge on any atom is -0.394 e. The van der Waals surface area contributed by atoms with E-state index < -0.39 is 0 Å². The molecule has 1 aliphatic rings. The summed E-state index contributed by atoms with van der Waals surface area (Å²) in [7, 11) is 1.66. The van der Waals surface area contributed by atoms with E-state index in [0.29, 0.717) is 23.4 Å². The number of aliphatic hydroxyl groups excluding tert-OH is 1. The second kappa shape index (κ2) is 6.01. The maximum atomic E-state index is 9.47. The first kappa shape index (κ1) is 14.3. The molecule has 3 rings (SSSR count). The standard InChI is InChI=1S/C14H16ClN3O3/c1-20-12-6-11(8-19)18(7-12)14-16-13(17-21-14)9-3-2-4-10(15)5-9/h2-5,11-12,19H,6-8H2,1H3/t11-,12-/m0/s1. The number of anilines is 1. The lowest BCUT2D eigenvalue weighted by molar-refractivity contribution is 0.115. The minimum atomic E-state index is -0.0670. The van der Waals surface area contributed by atoms with E-state index in [1.807, 2.05) is 17.0 Å². The van der Waals surface area contributed by atoms with Crippen LogP contribution in [0.1, 0.15) is 6.42 Å². The van der Waals surface area contributed by atoms with Gasteiger partial charge in [0.15, 0.2) is 0 Å². The van der Waals surface area contributed by atoms with Gasteiger partial charge in [-0.2, -0.15) is 4.98 Å². The number of nitrogens with zero attached hydrogens (tertiary/aromatic N) is 3. The molecular formula is C14H16ClN3O3. The van der Waals surface area contributed by atoms with E-state index in [9.17, 15) is 5.11 Å². The summed E-state index contributed by atoms with van der Waals surface area (Å²) >= 11 is 5.97. The summed E-state index contributed by atoms with van der Waals surface area (Å²) < 4.78 is 10.7. The highest BCUT2D eigenvalue weighted by atomic mass is 35.5. The maximum absolute atomic E-state index is 9.47. The average molecular weight is 310 g/mol. The fraction of sp³-hybridized carbons (Fsp3) is 0.429. The molecule has 0 bridgehead atoms. The molecule has 112 valence electrons. The van der Waals surface area contributed by atoms with Gasteiger partial charge < -0.3 is 19.3 Å². The van der Waals surface area contributed by atoms with Crippen LogP contribution < -0.4 is 4.90 Å². The lowest BCUT2D eigenvalue weighted by Crippen LogP contribution is -2.32. The van der Waals surface area contributed by atoms with Crippen molar-refractivity contribution in [1.29, 1.82) is 0 Å². The first-order valence-corrected chi connectivity index (χ1v) is 7.09. The molecule has 0 saturated carbocycles. The molecule has 2 heterocycles. The molecule has 1 fully saturated rings. The third-order valence-corrected chi connectivity index (χ3v) is 3.90. The van der Waals surface area contributed by atoms with Crippen LogP contribution >= 0.6 is 11.6 Å². The van der Waals surface area contributed by atoms with Crippen molar-refractivity contribution in [2.24, 2.45) is 0 Å². The summed E-state index contributed by atoms with van der Waals surface area (Å²) in [6.45, 7) is 0.646. The average Bonchev–Trinajstić information content (AvgIpc) is 3.13. The molecule has 0 spiro atoms. The van der Waals surface area contributed by atoms with Crippen LogP contribution in [-0.2, 0) is 4.74 Å². The topological polar surface area (TPSA) is 71.6 Å². The molecule has 21 heavy (non-hydrogen) atoms. The molecule has 1 aromatic heterocycles. The number of aliphatic hydroxyl groups is 1. The van der Waals surface area contributed by atoms with Gasteiger partial charge in [0.05, 0.1) is 18.8 Å². The summed E-state index contributed by atoms with van der Waals surface area (Å²) in [5.74, 6) is 0.477. The zero-order valence-electron chi connectivity index (χ0n) is 11.6. The smallest absolute Gasteiger partial charge is 0.324 e. The number of methoxy groups -OCH3 is 1. The number of rotatable bonds is 4. The predicted octanol–water partition coefficient (Wildman–Crippen LogP) is 1.98. The Bertz CT molecular complexity index is 619. The Morgan fingerprint density at radius 3 is 3.10 bits per heavy atom. The van der Waals surface area contributed by atoms with E-state index >= 15 is 0 Å². The Labute approximate surface area is 127 Å². The Morgan fingerprint density at radius 2 is 2.38 bits per heavy atom. The Hall–Kier alpha value is -1.63. The van der Waals surface area contributed by atoms with Crippen LogP contribution in [-0.4, -0.2) is 47.7 Å². The van der Waals surface area contributed by atoms with Crippen molar-refractivity contribution in [3.8, 4) is 11.4 Å². The van der Waals surface area contributed by atoms with Gasteiger partial charge in [-0.05, 0) is 18.6 Å². The molecule has 1 aromatic carbocycles. The Kier molecular flexibility index (Phi) is 4.10. The number of hydrogen-bond donors (Lipinski definition) is 1. The van der Waals surface area contributed by atoms with Gasteiger partial charge in [-0.25, -0.2) is 0 Å². The van der Waals surface area contributed by atoms with Gasteiger partial charge in [-0.15, -0.1) is 0 Å². The van der Waals surface area contributed by atoms with E-state index in [4.69, 9.17) is 20.9 Å². The summed E-state index contributed by atoms with van der Waals surface area (Å²) in [5.41, 5.74) is 0.792. The Balaban J connectivity index is 1.84. The van der Waals surface area contributed by atoms with Gasteiger partial charge in [0.1, 0.15) is 0 Å². The highest BCUT2D eigenvalue weighted by molar-refractivity contribution is 6.30. The normalized spacial score (nSPS) is 22.0. The molecule has 0 radical (unpaired) electrons. The number of halogens is 1. The highest BCUT2D eigenvalue weighted by Gasteiger charge is 2.34. The molecule has 0 amide bonds. The number of ether oxygens (including phenoxy) is 1. The molecule has 7 heteroatoms. The first-order chi connectivity index (χ1) is 10.2. The SMILES string of the molecule is CO[C@H]1C[C@@H](CO)N(c2nc(-c3cccc(Cl)c3)no2)C1. The van der Waals surface area contributed by atoms with Crippen molar-refractivity contribution < 1.29 is 14.4 Å². The molecule has 1 N–H and O–H groups in total. The van der Waals surface area contributed by atoms with Crippen LogP contribution in [0.3, 0.4) is 0 Å². The van der Waals surface area contributed by atoms with Crippen molar-refractivity contribution in [2.45, 2.75) is 18.6 Å². The van der Waals surface area contributed by atoms with Gasteiger partial charge in [0.2, 0.25) is 5.82 Å². The lowest BCUT2D eigenvalue weighted by atomic mass is 10.2. The maximum Gasteiger partial charge on any atom is 0.324 e. The fourth-order valence-electron chi connectivity index (χ4n) is 2.53. The van der Waals surface area contributed by atoms with Gasteiger partial charge in [-0.3, -0.25) is 0 Å². The lowest BCUT2D eigenvalue weighted by Gasteiger charge is -2.19. The van der Waals surface area contributed by atoms with Crippen LogP contribution in [0.15, 0.2) is 28.8 Å². The molecule has 1 aliphatic heterocycles. The molecule has 6 nitrogen and oxygen atoms in total. The van der Waals surface area contributed by atoms with E-state index in [2.05, 4.69) is 10.1 Å². The van der Waals surface area contributed by atoms with Crippen molar-refractivity contribution in [3.63, 3.8) is 0 Å². The van der Waals surface area contributed by atoms with E-state index in [1.165, 1.54) is 0 Å². The quantitative estimate of drug-likeness (QED) is 0.931. The molecule has 1 saturated heterocycles. The van der Waals surface area contributed by atoms with Crippen molar-refractivity contribution in [3.05, 3.63) is 29.3 Å². The summed E-state index contributed by atoms with van der Waals surface area (Å²) in [5, 5.41) is 14.1. The zero-order chi connectivity index (χ0) is 14.8. The van der Waals surface area contributed by atoms with Gasteiger partial charge >= 0.3 is 6.01 Å². The van der Waals surface area contributed by atoms with Crippen molar-refractivity contribution in [1.82, 2.24) is 10.1 Å². The molecule has 0 unspecified atom stereocenters. The van der Waals surface area contributed by atoms with Crippen molar-refractivity contribution in [2.75, 3.05) is 25.2 Å². The van der Waals surface area contributed by atoms with Gasteiger partial charge in [0, 0.05) is 24.2 Å². The second-order valence-electron chi connectivity index (χ2n) is 4.99. The number of benzene rings is 1. The van der Waals surface area contributed by atoms with Crippen molar-refractivity contribution >= 4 is 17.6 Å². The number of aromatic nitrogens is 2. The van der Waals surface area contributed by atoms with E-state index in [1.54, 1.807) is 19.2 Å². The fourth-order valence-corrected chi connectivity index (χ4v) is 2.72. The van der Waals surface area contributed by atoms with Crippen LogP contribution in [0.5, 0.6) is 0 Å². The van der Waals surface area contributed by atoms with Crippen LogP contribution in [0.25, 0.3) is 11.4 Å². The summed E-state index contributed by atoms with van der Waals surface area (Å²) in [6, 6.07) is 7.60. The monoisotopic (exact) mass is 309 g/mol. The largest absolute Gasteiger partial charge is 0.394 e. The third kappa shape index (κ3) is 2.88. The third-order valence-electron chi connectivity index (χ3n) is 3.66. The van der Waals surface area contributed by atoms with E-state index in [-0.39, 0.29) is 18.8 Å². The zero-order valence-corrected chi connectivity index (χ0v) is 12.3. The molecule has 2 atom stereocenters. The number of hydrogen-bond acceptors (Lipinski definition) is 6. The highest BCUT2D eigenvalue weighted by Crippen LogP contribution is 2.28. The van der Waals surface area contributed by atoms with Crippen LogP contribution in [0.2, 0.25) is 5.02 Å². The predicted molar refractivity (Wildman–Crippen MR) is 78.4 cm³/mol. The summed E-state index contributed by atoms with van der Waals surface area (Å²) in [4.78, 5) is 6.28. The molecule has 0 aliphatic carbocycles. The minimum absolute atomic E-state index is 0.0226. The summed E-state index contributed by atoms with van der Waals surface area (Å²) in [6.07, 6.45) is 0.797. The van der Waals surface area contributed by atoms with Gasteiger partial charge in [-0.1, -0.05) is 28.9 Å². The first-order valence-electron chi connectivity index (χ1n) is 6.71.